The quantitative estimate of drug-likeness (QED) is 0.686. The monoisotopic (exact) mass is 262 g/mol. The molecule has 0 amide bonds. The lowest BCUT2D eigenvalue weighted by molar-refractivity contribution is 1.29. The Kier molecular flexibility index (Phi) is 2.54. The lowest BCUT2D eigenvalue weighted by atomic mass is 10.2. The smallest absolute Gasteiger partial charge is 0.0864 e. The summed E-state index contributed by atoms with van der Waals surface area (Å²) in [4.78, 5) is 7.55. The van der Waals surface area contributed by atoms with Gasteiger partial charge in [-0.3, -0.25) is 4.98 Å². The van der Waals surface area contributed by atoms with Gasteiger partial charge in [0.1, 0.15) is 0 Å². The predicted molar refractivity (Wildman–Crippen MR) is 71.5 cm³/mol. The Balaban J connectivity index is 2.24. The summed E-state index contributed by atoms with van der Waals surface area (Å²) in [5, 5.41) is 2.22. The molecule has 3 rings (SSSR count). The van der Waals surface area contributed by atoms with Crippen LogP contribution in [0.15, 0.2) is 42.6 Å². The zero-order chi connectivity index (χ0) is 11.8. The first-order valence-electron chi connectivity index (χ1n) is 5.13. The third-order valence-electron chi connectivity index (χ3n) is 2.59. The summed E-state index contributed by atoms with van der Waals surface area (Å²) in [7, 11) is 0. The molecule has 1 aromatic carbocycles. The molecule has 2 heterocycles. The minimum absolute atomic E-state index is 0.622. The highest BCUT2D eigenvalue weighted by molar-refractivity contribution is 6.38. The van der Waals surface area contributed by atoms with Gasteiger partial charge >= 0.3 is 0 Å². The van der Waals surface area contributed by atoms with E-state index < -0.39 is 0 Å². The van der Waals surface area contributed by atoms with E-state index in [1.807, 2.05) is 30.3 Å². The van der Waals surface area contributed by atoms with E-state index in [1.165, 1.54) is 0 Å². The third kappa shape index (κ3) is 1.90. The van der Waals surface area contributed by atoms with Gasteiger partial charge in [-0.1, -0.05) is 29.3 Å². The van der Waals surface area contributed by atoms with Crippen LogP contribution in [-0.2, 0) is 0 Å². The molecule has 0 saturated heterocycles. The number of hydrogen-bond acceptors (Lipinski definition) is 1. The highest BCUT2D eigenvalue weighted by Gasteiger charge is 2.07. The number of fused-ring (bicyclic) bond motifs is 1. The van der Waals surface area contributed by atoms with Crippen LogP contribution in [0, 0.1) is 0 Å². The summed E-state index contributed by atoms with van der Waals surface area (Å²) in [5.74, 6) is 0. The fourth-order valence-corrected chi connectivity index (χ4v) is 2.37. The van der Waals surface area contributed by atoms with E-state index in [2.05, 4.69) is 9.97 Å². The van der Waals surface area contributed by atoms with Crippen molar-refractivity contribution in [2.45, 2.75) is 0 Å². The SMILES string of the molecule is Clc1cc(Cl)c2cc(-c3ccccn3)[nH]c2c1. The van der Waals surface area contributed by atoms with E-state index in [1.54, 1.807) is 12.3 Å². The lowest BCUT2D eigenvalue weighted by Gasteiger charge is -1.94. The topological polar surface area (TPSA) is 28.7 Å². The zero-order valence-corrected chi connectivity index (χ0v) is 10.3. The number of halogens is 2. The molecule has 0 atom stereocenters. The molecule has 0 aliphatic carbocycles. The largest absolute Gasteiger partial charge is 0.353 e. The number of nitrogens with one attached hydrogen (secondary N) is 1. The number of aromatic nitrogens is 2. The van der Waals surface area contributed by atoms with Crippen molar-refractivity contribution in [3.8, 4) is 11.4 Å². The van der Waals surface area contributed by atoms with Crippen LogP contribution in [0.25, 0.3) is 22.3 Å². The fourth-order valence-electron chi connectivity index (χ4n) is 1.82. The molecule has 0 radical (unpaired) electrons. The molecule has 3 aromatic rings. The number of H-pyrrole nitrogens is 1. The molecule has 1 N–H and O–H groups in total. The highest BCUT2D eigenvalue weighted by Crippen LogP contribution is 2.31. The molecule has 0 saturated carbocycles. The highest BCUT2D eigenvalue weighted by atomic mass is 35.5. The number of benzene rings is 1. The first-order chi connectivity index (χ1) is 8.24. The Hall–Kier alpha value is -1.51. The maximum absolute atomic E-state index is 6.14. The van der Waals surface area contributed by atoms with Gasteiger partial charge < -0.3 is 4.98 Å². The van der Waals surface area contributed by atoms with Crippen LogP contribution in [0.2, 0.25) is 10.0 Å². The first kappa shape index (κ1) is 10.6. The molecule has 2 aromatic heterocycles. The van der Waals surface area contributed by atoms with Gasteiger partial charge in [-0.25, -0.2) is 0 Å². The summed E-state index contributed by atoms with van der Waals surface area (Å²) in [6, 6.07) is 11.4. The van der Waals surface area contributed by atoms with Crippen LogP contribution in [0.5, 0.6) is 0 Å². The summed E-state index contributed by atoms with van der Waals surface area (Å²) in [6.45, 7) is 0. The number of aromatic amines is 1. The average molecular weight is 263 g/mol. The van der Waals surface area contributed by atoms with E-state index in [0.29, 0.717) is 10.0 Å². The molecule has 0 aliphatic rings. The summed E-state index contributed by atoms with van der Waals surface area (Å²) >= 11 is 12.1. The van der Waals surface area contributed by atoms with Crippen LogP contribution < -0.4 is 0 Å². The molecule has 17 heavy (non-hydrogen) atoms. The normalized spacial score (nSPS) is 10.9. The molecule has 2 nitrogen and oxygen atoms in total. The minimum atomic E-state index is 0.622. The van der Waals surface area contributed by atoms with Gasteiger partial charge in [-0.05, 0) is 30.3 Å². The van der Waals surface area contributed by atoms with Crippen molar-refractivity contribution in [1.82, 2.24) is 9.97 Å². The second-order valence-corrected chi connectivity index (χ2v) is 4.59. The Bertz CT molecular complexity index is 674. The van der Waals surface area contributed by atoms with Crippen molar-refractivity contribution < 1.29 is 0 Å². The van der Waals surface area contributed by atoms with Crippen molar-refractivity contribution in [1.29, 1.82) is 0 Å². The maximum Gasteiger partial charge on any atom is 0.0864 e. The van der Waals surface area contributed by atoms with E-state index in [0.717, 1.165) is 22.3 Å². The van der Waals surface area contributed by atoms with Crippen molar-refractivity contribution in [3.05, 3.63) is 52.6 Å². The molecule has 4 heteroatoms. The molecular weight excluding hydrogens is 255 g/mol. The minimum Gasteiger partial charge on any atom is -0.353 e. The number of pyridine rings is 1. The van der Waals surface area contributed by atoms with Crippen molar-refractivity contribution in [3.63, 3.8) is 0 Å². The van der Waals surface area contributed by atoms with Crippen LogP contribution in [0.4, 0.5) is 0 Å². The van der Waals surface area contributed by atoms with Gasteiger partial charge in [0.2, 0.25) is 0 Å². The number of hydrogen-bond donors (Lipinski definition) is 1. The molecule has 0 aliphatic heterocycles. The molecule has 84 valence electrons. The Morgan fingerprint density at radius 3 is 2.71 bits per heavy atom. The van der Waals surface area contributed by atoms with Crippen LogP contribution in [-0.4, -0.2) is 9.97 Å². The van der Waals surface area contributed by atoms with Gasteiger partial charge in [0.05, 0.1) is 16.4 Å². The van der Waals surface area contributed by atoms with E-state index in [9.17, 15) is 0 Å². The molecule has 0 unspecified atom stereocenters. The predicted octanol–water partition coefficient (Wildman–Crippen LogP) is 4.54. The Morgan fingerprint density at radius 1 is 1.06 bits per heavy atom. The van der Waals surface area contributed by atoms with Crippen LogP contribution in [0.1, 0.15) is 0 Å². The first-order valence-corrected chi connectivity index (χ1v) is 5.89. The molecule has 0 spiro atoms. The van der Waals surface area contributed by atoms with E-state index >= 15 is 0 Å². The zero-order valence-electron chi connectivity index (χ0n) is 8.74. The Morgan fingerprint density at radius 2 is 1.94 bits per heavy atom. The van der Waals surface area contributed by atoms with E-state index in [4.69, 9.17) is 23.2 Å². The summed E-state index contributed by atoms with van der Waals surface area (Å²) in [6.07, 6.45) is 1.76. The van der Waals surface area contributed by atoms with Gasteiger partial charge in [0.25, 0.3) is 0 Å². The Labute approximate surface area is 108 Å². The van der Waals surface area contributed by atoms with Gasteiger partial charge in [-0.15, -0.1) is 0 Å². The standard InChI is InChI=1S/C13H8Cl2N2/c14-8-5-10(15)9-7-13(17-12(9)6-8)11-3-1-2-4-16-11/h1-7,17H. The molecule has 0 bridgehead atoms. The van der Waals surface area contributed by atoms with Gasteiger partial charge in [0, 0.05) is 22.1 Å². The number of rotatable bonds is 1. The van der Waals surface area contributed by atoms with Crippen molar-refractivity contribution in [2.24, 2.45) is 0 Å². The summed E-state index contributed by atoms with van der Waals surface area (Å²) < 4.78 is 0. The lowest BCUT2D eigenvalue weighted by Crippen LogP contribution is -1.80. The average Bonchev–Trinajstić information content (AvgIpc) is 2.74. The van der Waals surface area contributed by atoms with Crippen molar-refractivity contribution >= 4 is 34.1 Å². The third-order valence-corrected chi connectivity index (χ3v) is 3.12. The van der Waals surface area contributed by atoms with Gasteiger partial charge in [0.15, 0.2) is 0 Å². The maximum atomic E-state index is 6.14. The molecular formula is C13H8Cl2N2. The van der Waals surface area contributed by atoms with E-state index in [-0.39, 0.29) is 0 Å². The van der Waals surface area contributed by atoms with Crippen LogP contribution in [0.3, 0.4) is 0 Å². The number of nitrogens with zero attached hydrogens (tertiary/aromatic N) is 1. The second-order valence-electron chi connectivity index (χ2n) is 3.75. The van der Waals surface area contributed by atoms with Crippen molar-refractivity contribution in [2.75, 3.05) is 0 Å². The van der Waals surface area contributed by atoms with Gasteiger partial charge in [-0.2, -0.15) is 0 Å². The summed E-state index contributed by atoms with van der Waals surface area (Å²) in [5.41, 5.74) is 2.74. The fraction of sp³-hybridized carbons (Fsp3) is 0. The second kappa shape index (κ2) is 4.06. The van der Waals surface area contributed by atoms with Crippen LogP contribution >= 0.6 is 23.2 Å². The molecule has 0 fully saturated rings.